The van der Waals surface area contributed by atoms with E-state index in [1.54, 1.807) is 29.2 Å². The predicted octanol–water partition coefficient (Wildman–Crippen LogP) is 2.82. The number of piperazine rings is 1. The van der Waals surface area contributed by atoms with Crippen molar-refractivity contribution < 1.29 is 14.3 Å². The largest absolute Gasteiger partial charge is 0.494 e. The number of ether oxygens (including phenoxy) is 1. The van der Waals surface area contributed by atoms with Gasteiger partial charge in [0.25, 0.3) is 5.91 Å². The molecule has 0 aromatic heterocycles. The van der Waals surface area contributed by atoms with E-state index in [-0.39, 0.29) is 18.4 Å². The average molecular weight is 402 g/mol. The SMILES string of the molecule is CCOc1ccc(C(=O)NCC(=O)N2CCN(c3ccccc3Cl)CC2)cc1. The van der Waals surface area contributed by atoms with Gasteiger partial charge in [0, 0.05) is 31.7 Å². The number of carbonyl (C=O) groups is 2. The molecule has 1 fully saturated rings. The smallest absolute Gasteiger partial charge is 0.251 e. The molecule has 0 spiro atoms. The van der Waals surface area contributed by atoms with E-state index in [1.807, 2.05) is 31.2 Å². The van der Waals surface area contributed by atoms with Crippen molar-refractivity contribution in [2.24, 2.45) is 0 Å². The fourth-order valence-electron chi connectivity index (χ4n) is 3.14. The van der Waals surface area contributed by atoms with Gasteiger partial charge < -0.3 is 19.9 Å². The topological polar surface area (TPSA) is 61.9 Å². The number of rotatable bonds is 6. The van der Waals surface area contributed by atoms with Crippen LogP contribution in [0.1, 0.15) is 17.3 Å². The summed E-state index contributed by atoms with van der Waals surface area (Å²) in [4.78, 5) is 28.6. The van der Waals surface area contributed by atoms with Crippen LogP contribution in [0.2, 0.25) is 5.02 Å². The van der Waals surface area contributed by atoms with Crippen molar-refractivity contribution >= 4 is 29.1 Å². The van der Waals surface area contributed by atoms with Gasteiger partial charge >= 0.3 is 0 Å². The standard InChI is InChI=1S/C21H24ClN3O3/c1-2-28-17-9-7-16(8-10-17)21(27)23-15-20(26)25-13-11-24(12-14-25)19-6-4-3-5-18(19)22/h3-10H,2,11-15H2,1H3,(H,23,27). The molecule has 2 aromatic carbocycles. The van der Waals surface area contributed by atoms with Crippen LogP contribution in [0.5, 0.6) is 5.75 Å². The van der Waals surface area contributed by atoms with E-state index >= 15 is 0 Å². The van der Waals surface area contributed by atoms with Gasteiger partial charge in [0.1, 0.15) is 5.75 Å². The van der Waals surface area contributed by atoms with E-state index in [4.69, 9.17) is 16.3 Å². The van der Waals surface area contributed by atoms with Crippen LogP contribution in [0.3, 0.4) is 0 Å². The number of hydrogen-bond donors (Lipinski definition) is 1. The van der Waals surface area contributed by atoms with Crippen LogP contribution in [-0.2, 0) is 4.79 Å². The van der Waals surface area contributed by atoms with Gasteiger partial charge in [-0.05, 0) is 43.3 Å². The van der Waals surface area contributed by atoms with Crippen LogP contribution in [0.4, 0.5) is 5.69 Å². The monoisotopic (exact) mass is 401 g/mol. The molecule has 2 aromatic rings. The molecule has 0 saturated carbocycles. The number of para-hydroxylation sites is 1. The van der Waals surface area contributed by atoms with Gasteiger partial charge in [-0.25, -0.2) is 0 Å². The van der Waals surface area contributed by atoms with E-state index in [0.29, 0.717) is 49.1 Å². The zero-order valence-electron chi connectivity index (χ0n) is 15.9. The van der Waals surface area contributed by atoms with Crippen molar-refractivity contribution in [1.29, 1.82) is 0 Å². The maximum absolute atomic E-state index is 12.4. The number of amides is 2. The van der Waals surface area contributed by atoms with E-state index in [0.717, 1.165) is 5.69 Å². The molecular weight excluding hydrogens is 378 g/mol. The van der Waals surface area contributed by atoms with Crippen LogP contribution >= 0.6 is 11.6 Å². The number of hydrogen-bond acceptors (Lipinski definition) is 4. The summed E-state index contributed by atoms with van der Waals surface area (Å²) in [5, 5.41) is 3.41. The Kier molecular flexibility index (Phi) is 6.76. The number of anilines is 1. The van der Waals surface area contributed by atoms with Crippen LogP contribution in [-0.4, -0.2) is 56.0 Å². The Bertz CT molecular complexity index is 818. The van der Waals surface area contributed by atoms with Crippen molar-refractivity contribution in [1.82, 2.24) is 10.2 Å². The second kappa shape index (κ2) is 9.46. The van der Waals surface area contributed by atoms with Crippen molar-refractivity contribution in [3.8, 4) is 5.75 Å². The van der Waals surface area contributed by atoms with Crippen LogP contribution in [0.25, 0.3) is 0 Å². The fraction of sp³-hybridized carbons (Fsp3) is 0.333. The molecule has 1 N–H and O–H groups in total. The lowest BCUT2D eigenvalue weighted by atomic mass is 10.2. The van der Waals surface area contributed by atoms with Gasteiger partial charge in [0.15, 0.2) is 0 Å². The van der Waals surface area contributed by atoms with Crippen molar-refractivity contribution in [2.75, 3.05) is 44.2 Å². The molecule has 7 heteroatoms. The van der Waals surface area contributed by atoms with Gasteiger partial charge in [-0.15, -0.1) is 0 Å². The van der Waals surface area contributed by atoms with Crippen LogP contribution < -0.4 is 15.0 Å². The lowest BCUT2D eigenvalue weighted by Gasteiger charge is -2.36. The van der Waals surface area contributed by atoms with E-state index in [1.165, 1.54) is 0 Å². The van der Waals surface area contributed by atoms with E-state index in [2.05, 4.69) is 10.2 Å². The fourth-order valence-corrected chi connectivity index (χ4v) is 3.40. The Morgan fingerprint density at radius 2 is 1.71 bits per heavy atom. The maximum atomic E-state index is 12.4. The highest BCUT2D eigenvalue weighted by atomic mass is 35.5. The lowest BCUT2D eigenvalue weighted by Crippen LogP contribution is -2.51. The molecule has 1 aliphatic heterocycles. The van der Waals surface area contributed by atoms with Crippen LogP contribution in [0.15, 0.2) is 48.5 Å². The highest BCUT2D eigenvalue weighted by Gasteiger charge is 2.22. The van der Waals surface area contributed by atoms with Crippen molar-refractivity contribution in [2.45, 2.75) is 6.92 Å². The van der Waals surface area contributed by atoms with E-state index in [9.17, 15) is 9.59 Å². The second-order valence-corrected chi connectivity index (χ2v) is 6.87. The summed E-state index contributed by atoms with van der Waals surface area (Å²) in [7, 11) is 0. The first-order chi connectivity index (χ1) is 13.6. The highest BCUT2D eigenvalue weighted by molar-refractivity contribution is 6.33. The van der Waals surface area contributed by atoms with Crippen molar-refractivity contribution in [3.63, 3.8) is 0 Å². The van der Waals surface area contributed by atoms with Gasteiger partial charge in [0.2, 0.25) is 5.91 Å². The van der Waals surface area contributed by atoms with Crippen molar-refractivity contribution in [3.05, 3.63) is 59.1 Å². The molecular formula is C21H24ClN3O3. The Hall–Kier alpha value is -2.73. The molecule has 148 valence electrons. The average Bonchev–Trinajstić information content (AvgIpc) is 2.73. The number of halogens is 1. The Balaban J connectivity index is 1.46. The third kappa shape index (κ3) is 4.95. The first kappa shape index (κ1) is 20.0. The molecule has 0 bridgehead atoms. The van der Waals surface area contributed by atoms with Gasteiger partial charge in [-0.3, -0.25) is 9.59 Å². The van der Waals surface area contributed by atoms with Gasteiger partial charge in [-0.2, -0.15) is 0 Å². The molecule has 1 saturated heterocycles. The summed E-state index contributed by atoms with van der Waals surface area (Å²) >= 11 is 6.25. The maximum Gasteiger partial charge on any atom is 0.251 e. The Morgan fingerprint density at radius 1 is 1.04 bits per heavy atom. The summed E-state index contributed by atoms with van der Waals surface area (Å²) in [6, 6.07) is 14.6. The summed E-state index contributed by atoms with van der Waals surface area (Å²) in [6.07, 6.45) is 0. The zero-order valence-corrected chi connectivity index (χ0v) is 16.6. The first-order valence-electron chi connectivity index (χ1n) is 9.37. The molecule has 6 nitrogen and oxygen atoms in total. The molecule has 28 heavy (non-hydrogen) atoms. The van der Waals surface area contributed by atoms with Gasteiger partial charge in [-0.1, -0.05) is 23.7 Å². The third-order valence-electron chi connectivity index (χ3n) is 4.65. The molecule has 0 atom stereocenters. The Morgan fingerprint density at radius 3 is 2.36 bits per heavy atom. The van der Waals surface area contributed by atoms with Gasteiger partial charge in [0.05, 0.1) is 23.9 Å². The quantitative estimate of drug-likeness (QED) is 0.808. The first-order valence-corrected chi connectivity index (χ1v) is 9.74. The number of nitrogens with one attached hydrogen (secondary N) is 1. The summed E-state index contributed by atoms with van der Waals surface area (Å²) in [6.45, 7) is 5.08. The normalized spacial score (nSPS) is 13.9. The Labute approximate surface area is 170 Å². The molecule has 0 radical (unpaired) electrons. The van der Waals surface area contributed by atoms with Crippen LogP contribution in [0, 0.1) is 0 Å². The molecule has 0 unspecified atom stereocenters. The zero-order chi connectivity index (χ0) is 19.9. The second-order valence-electron chi connectivity index (χ2n) is 6.46. The minimum atomic E-state index is -0.272. The molecule has 1 heterocycles. The molecule has 2 amide bonds. The summed E-state index contributed by atoms with van der Waals surface area (Å²) < 4.78 is 5.36. The number of nitrogens with zero attached hydrogens (tertiary/aromatic N) is 2. The third-order valence-corrected chi connectivity index (χ3v) is 4.97. The van der Waals surface area contributed by atoms with E-state index < -0.39 is 0 Å². The summed E-state index contributed by atoms with van der Waals surface area (Å²) in [5.74, 6) is 0.357. The number of carbonyl (C=O) groups excluding carboxylic acids is 2. The predicted molar refractivity (Wildman–Crippen MR) is 110 cm³/mol. The number of benzene rings is 2. The summed E-state index contributed by atoms with van der Waals surface area (Å²) in [5.41, 5.74) is 1.49. The molecule has 0 aliphatic carbocycles. The molecule has 3 rings (SSSR count). The highest BCUT2D eigenvalue weighted by Crippen LogP contribution is 2.26. The minimum absolute atomic E-state index is 0.0157. The molecule has 1 aliphatic rings. The lowest BCUT2D eigenvalue weighted by molar-refractivity contribution is -0.130. The minimum Gasteiger partial charge on any atom is -0.494 e.